The average molecular weight is 279 g/mol. The van der Waals surface area contributed by atoms with E-state index in [4.69, 9.17) is 0 Å². The number of hydrogen-bond donors (Lipinski definition) is 1. The molecule has 0 amide bonds. The van der Waals surface area contributed by atoms with Crippen LogP contribution in [0.25, 0.3) is 0 Å². The van der Waals surface area contributed by atoms with Gasteiger partial charge in [-0.1, -0.05) is 17.7 Å². The van der Waals surface area contributed by atoms with Crippen LogP contribution in [0.3, 0.4) is 0 Å². The molecule has 0 aliphatic heterocycles. The van der Waals surface area contributed by atoms with Gasteiger partial charge in [0.1, 0.15) is 0 Å². The van der Waals surface area contributed by atoms with Gasteiger partial charge < -0.3 is 5.32 Å². The van der Waals surface area contributed by atoms with Crippen molar-refractivity contribution in [2.75, 3.05) is 17.6 Å². The highest BCUT2D eigenvalue weighted by atomic mass is 32.2. The highest BCUT2D eigenvalue weighted by molar-refractivity contribution is 7.99. The summed E-state index contributed by atoms with van der Waals surface area (Å²) in [6, 6.07) is 12.1. The third-order valence-corrected chi connectivity index (χ3v) is 3.64. The lowest BCUT2D eigenvalue weighted by atomic mass is 10.2. The number of anilines is 1. The Morgan fingerprint density at radius 3 is 2.42 bits per heavy atom. The number of nitrogens with one attached hydrogen (secondary N) is 1. The molecule has 0 unspecified atom stereocenters. The second-order valence-corrected chi connectivity index (χ2v) is 5.39. The Hall–Kier alpha value is -1.55. The minimum atomic E-state index is -0.804. The van der Waals surface area contributed by atoms with Crippen LogP contribution < -0.4 is 5.32 Å². The zero-order valence-corrected chi connectivity index (χ0v) is 11.4. The molecule has 0 aliphatic carbocycles. The Bertz CT molecular complexity index is 540. The van der Waals surface area contributed by atoms with E-state index in [-0.39, 0.29) is 0 Å². The van der Waals surface area contributed by atoms with Gasteiger partial charge in [0, 0.05) is 22.9 Å². The first kappa shape index (κ1) is 13.9. The zero-order chi connectivity index (χ0) is 13.7. The van der Waals surface area contributed by atoms with E-state index in [1.54, 1.807) is 6.07 Å². The normalized spacial score (nSPS) is 10.5. The first-order valence-corrected chi connectivity index (χ1v) is 7.02. The molecule has 0 aliphatic rings. The van der Waals surface area contributed by atoms with Crippen molar-refractivity contribution < 1.29 is 8.78 Å². The molecule has 1 N–H and O–H groups in total. The van der Waals surface area contributed by atoms with E-state index >= 15 is 0 Å². The fourth-order valence-corrected chi connectivity index (χ4v) is 2.39. The molecule has 0 saturated heterocycles. The molecule has 4 heteroatoms. The van der Waals surface area contributed by atoms with Crippen molar-refractivity contribution in [1.29, 1.82) is 0 Å². The van der Waals surface area contributed by atoms with Gasteiger partial charge in [-0.15, -0.1) is 11.8 Å². The summed E-state index contributed by atoms with van der Waals surface area (Å²) in [5.74, 6) is -0.808. The standard InChI is InChI=1S/C15H15F2NS/c1-11-2-4-12(5-3-11)18-8-9-19-13-6-7-14(16)15(17)10-13/h2-7,10,18H,8-9H2,1H3. The highest BCUT2D eigenvalue weighted by Gasteiger charge is 2.02. The molecule has 0 spiro atoms. The van der Waals surface area contributed by atoms with Crippen molar-refractivity contribution in [2.24, 2.45) is 0 Å². The molecular formula is C15H15F2NS. The van der Waals surface area contributed by atoms with Gasteiger partial charge in [0.25, 0.3) is 0 Å². The molecular weight excluding hydrogens is 264 g/mol. The molecule has 0 radical (unpaired) electrons. The van der Waals surface area contributed by atoms with Gasteiger partial charge in [-0.3, -0.25) is 0 Å². The van der Waals surface area contributed by atoms with Crippen LogP contribution in [0.4, 0.5) is 14.5 Å². The second-order valence-electron chi connectivity index (χ2n) is 4.22. The average Bonchev–Trinajstić information content (AvgIpc) is 2.41. The Morgan fingerprint density at radius 1 is 1.00 bits per heavy atom. The third kappa shape index (κ3) is 4.24. The molecule has 0 atom stereocenters. The summed E-state index contributed by atoms with van der Waals surface area (Å²) in [6.07, 6.45) is 0. The fraction of sp³-hybridized carbons (Fsp3) is 0.200. The SMILES string of the molecule is Cc1ccc(NCCSc2ccc(F)c(F)c2)cc1. The van der Waals surface area contributed by atoms with Crippen LogP contribution in [0.5, 0.6) is 0 Å². The molecule has 1 nitrogen and oxygen atoms in total. The van der Waals surface area contributed by atoms with Crippen LogP contribution in [-0.2, 0) is 0 Å². The second kappa shape index (κ2) is 6.57. The Morgan fingerprint density at radius 2 is 1.74 bits per heavy atom. The quantitative estimate of drug-likeness (QED) is 0.640. The summed E-state index contributed by atoms with van der Waals surface area (Å²) in [5, 5.41) is 3.28. The lowest BCUT2D eigenvalue weighted by molar-refractivity contribution is 0.506. The molecule has 2 rings (SSSR count). The van der Waals surface area contributed by atoms with E-state index in [0.29, 0.717) is 0 Å². The van der Waals surface area contributed by atoms with E-state index in [9.17, 15) is 8.78 Å². The number of thioether (sulfide) groups is 1. The Kier molecular flexibility index (Phi) is 4.80. The number of aryl methyl sites for hydroxylation is 1. The van der Waals surface area contributed by atoms with Crippen molar-refractivity contribution >= 4 is 17.4 Å². The largest absolute Gasteiger partial charge is 0.384 e. The predicted molar refractivity (Wildman–Crippen MR) is 76.8 cm³/mol. The number of rotatable bonds is 5. The van der Waals surface area contributed by atoms with Crippen LogP contribution in [-0.4, -0.2) is 12.3 Å². The monoisotopic (exact) mass is 279 g/mol. The van der Waals surface area contributed by atoms with E-state index in [0.717, 1.165) is 28.9 Å². The molecule has 0 heterocycles. The Balaban J connectivity index is 1.77. The topological polar surface area (TPSA) is 12.0 Å². The summed E-state index contributed by atoms with van der Waals surface area (Å²) in [6.45, 7) is 2.81. The number of benzene rings is 2. The molecule has 19 heavy (non-hydrogen) atoms. The minimum absolute atomic E-state index is 0.740. The van der Waals surface area contributed by atoms with Gasteiger partial charge >= 0.3 is 0 Å². The summed E-state index contributed by atoms with van der Waals surface area (Å²) >= 11 is 1.50. The van der Waals surface area contributed by atoms with Gasteiger partial charge in [-0.05, 0) is 37.3 Å². The fourth-order valence-electron chi connectivity index (χ4n) is 1.60. The third-order valence-electron chi connectivity index (χ3n) is 2.64. The highest BCUT2D eigenvalue weighted by Crippen LogP contribution is 2.20. The van der Waals surface area contributed by atoms with Gasteiger partial charge in [0.05, 0.1) is 0 Å². The Labute approximate surface area is 116 Å². The predicted octanol–water partition coefficient (Wildman–Crippen LogP) is 4.48. The summed E-state index contributed by atoms with van der Waals surface area (Å²) in [5.41, 5.74) is 2.29. The summed E-state index contributed by atoms with van der Waals surface area (Å²) < 4.78 is 25.7. The maximum atomic E-state index is 13.0. The van der Waals surface area contributed by atoms with Crippen molar-refractivity contribution in [3.8, 4) is 0 Å². The van der Waals surface area contributed by atoms with Gasteiger partial charge in [-0.2, -0.15) is 0 Å². The van der Waals surface area contributed by atoms with Crippen LogP contribution in [0, 0.1) is 18.6 Å². The van der Waals surface area contributed by atoms with Crippen molar-refractivity contribution in [1.82, 2.24) is 0 Å². The van der Waals surface area contributed by atoms with E-state index in [1.165, 1.54) is 23.4 Å². The molecule has 0 bridgehead atoms. The zero-order valence-electron chi connectivity index (χ0n) is 10.6. The van der Waals surface area contributed by atoms with Crippen LogP contribution in [0.2, 0.25) is 0 Å². The van der Waals surface area contributed by atoms with Crippen molar-refractivity contribution in [3.05, 3.63) is 59.7 Å². The van der Waals surface area contributed by atoms with Gasteiger partial charge in [0.2, 0.25) is 0 Å². The molecule has 0 aromatic heterocycles. The van der Waals surface area contributed by atoms with E-state index in [2.05, 4.69) is 5.32 Å². The number of hydrogen-bond acceptors (Lipinski definition) is 2. The minimum Gasteiger partial charge on any atom is -0.384 e. The van der Waals surface area contributed by atoms with Gasteiger partial charge in [-0.25, -0.2) is 8.78 Å². The van der Waals surface area contributed by atoms with Gasteiger partial charge in [0.15, 0.2) is 11.6 Å². The molecule has 100 valence electrons. The maximum absolute atomic E-state index is 13.0. The van der Waals surface area contributed by atoms with Crippen LogP contribution in [0.15, 0.2) is 47.4 Å². The first-order chi connectivity index (χ1) is 9.15. The molecule has 2 aromatic carbocycles. The maximum Gasteiger partial charge on any atom is 0.159 e. The van der Waals surface area contributed by atoms with Crippen molar-refractivity contribution in [2.45, 2.75) is 11.8 Å². The summed E-state index contributed by atoms with van der Waals surface area (Å²) in [4.78, 5) is 0.740. The lowest BCUT2D eigenvalue weighted by Gasteiger charge is -2.06. The smallest absolute Gasteiger partial charge is 0.159 e. The summed E-state index contributed by atoms with van der Waals surface area (Å²) in [7, 11) is 0. The first-order valence-electron chi connectivity index (χ1n) is 6.03. The molecule has 0 fully saturated rings. The van der Waals surface area contributed by atoms with Crippen molar-refractivity contribution in [3.63, 3.8) is 0 Å². The van der Waals surface area contributed by atoms with Crippen LogP contribution in [0.1, 0.15) is 5.56 Å². The molecule has 0 saturated carbocycles. The lowest BCUT2D eigenvalue weighted by Crippen LogP contribution is -2.03. The van der Waals surface area contributed by atoms with E-state index < -0.39 is 11.6 Å². The van der Waals surface area contributed by atoms with E-state index in [1.807, 2.05) is 31.2 Å². The van der Waals surface area contributed by atoms with Crippen LogP contribution >= 0.6 is 11.8 Å². The molecule has 2 aromatic rings. The number of halogens is 2.